The second-order valence-electron chi connectivity index (χ2n) is 20.1. The van der Waals surface area contributed by atoms with Gasteiger partial charge in [0.05, 0.1) is 29.5 Å². The Morgan fingerprint density at radius 1 is 0.767 bits per heavy atom. The number of ketones is 1. The highest BCUT2D eigenvalue weighted by atomic mass is 16.6. The zero-order chi connectivity index (χ0) is 52.6. The maximum atomic E-state index is 16.3. The number of aliphatic hydroxyl groups is 2. The predicted molar refractivity (Wildman–Crippen MR) is 260 cm³/mol. The smallest absolute Gasteiger partial charge is 0.338 e. The molecule has 73 heavy (non-hydrogen) atoms. The van der Waals surface area contributed by atoms with Crippen LogP contribution in [0.1, 0.15) is 92.3 Å². The largest absolute Gasteiger partial charge is 0.460 e. The van der Waals surface area contributed by atoms with Crippen molar-refractivity contribution in [2.24, 2.45) is 22.5 Å². The normalized spacial score (nSPS) is 29.1. The number of hydrogen-bond acceptors (Lipinski definition) is 16. The summed E-state index contributed by atoms with van der Waals surface area (Å²) in [7, 11) is 0. The number of aliphatic hydroxyl groups excluding tert-OH is 1. The van der Waals surface area contributed by atoms with Gasteiger partial charge >= 0.3 is 29.8 Å². The van der Waals surface area contributed by atoms with Crippen molar-refractivity contribution in [2.75, 3.05) is 6.61 Å². The number of benzene rings is 4. The summed E-state index contributed by atoms with van der Waals surface area (Å²) in [6.45, 7) is 7.88. The van der Waals surface area contributed by atoms with E-state index < -0.39 is 125 Å². The highest BCUT2D eigenvalue weighted by Crippen LogP contribution is 2.65. The Labute approximate surface area is 422 Å². The highest BCUT2D eigenvalue weighted by molar-refractivity contribution is 5.96. The lowest BCUT2D eigenvalue weighted by Crippen LogP contribution is -2.82. The van der Waals surface area contributed by atoms with E-state index >= 15 is 4.79 Å². The molecule has 384 valence electrons. The fraction of sp³-hybridized carbons (Fsp3) is 0.411. The van der Waals surface area contributed by atoms with Crippen molar-refractivity contribution in [2.45, 2.75) is 121 Å². The second kappa shape index (κ2) is 20.5. The highest BCUT2D eigenvalue weighted by Gasteiger charge is 2.79. The molecule has 2 bridgehead atoms. The average molecular weight is 1000 g/mol. The number of nitrogens with one attached hydrogen (secondary N) is 1. The van der Waals surface area contributed by atoms with Gasteiger partial charge in [-0.1, -0.05) is 111 Å². The topological polar surface area (TPSA) is 253 Å². The molecule has 0 aromatic heterocycles. The van der Waals surface area contributed by atoms with Gasteiger partial charge in [-0.05, 0) is 66.8 Å². The first-order chi connectivity index (χ1) is 34.6. The summed E-state index contributed by atoms with van der Waals surface area (Å²) in [5, 5.41) is 28.8. The van der Waals surface area contributed by atoms with Crippen LogP contribution in [0, 0.1) is 16.7 Å². The van der Waals surface area contributed by atoms with E-state index in [1.165, 1.54) is 26.0 Å². The van der Waals surface area contributed by atoms with Crippen molar-refractivity contribution in [1.82, 2.24) is 5.32 Å². The molecule has 0 spiro atoms. The fourth-order valence-corrected chi connectivity index (χ4v) is 11.5. The molecular formula is C56H60N2O15. The van der Waals surface area contributed by atoms with E-state index in [0.717, 1.165) is 19.4 Å². The van der Waals surface area contributed by atoms with Crippen LogP contribution >= 0.6 is 0 Å². The van der Waals surface area contributed by atoms with Crippen LogP contribution in [0.25, 0.3) is 0 Å². The maximum Gasteiger partial charge on any atom is 0.338 e. The molecule has 1 amide bonds. The van der Waals surface area contributed by atoms with E-state index in [1.54, 1.807) is 123 Å². The van der Waals surface area contributed by atoms with Crippen molar-refractivity contribution in [3.05, 3.63) is 155 Å². The summed E-state index contributed by atoms with van der Waals surface area (Å²) in [6.07, 6.45) is -10.9. The van der Waals surface area contributed by atoms with Gasteiger partial charge in [-0.3, -0.25) is 24.0 Å². The lowest BCUT2D eigenvalue weighted by Gasteiger charge is -2.67. The number of rotatable bonds is 14. The van der Waals surface area contributed by atoms with E-state index in [9.17, 15) is 39.0 Å². The first-order valence-electron chi connectivity index (χ1n) is 24.2. The molecule has 4 aromatic carbocycles. The average Bonchev–Trinajstić information content (AvgIpc) is 3.36. The molecule has 1 saturated heterocycles. The Morgan fingerprint density at radius 3 is 1.90 bits per heavy atom. The van der Waals surface area contributed by atoms with Crippen LogP contribution in [0.2, 0.25) is 0 Å². The SMILES string of the molecule is CC(=O)O[C@H]1C(=O)[C@@]2(C)C([C@H](OC(=O)c3ccccc3)[C@]3(O)C[C@H](OC(=O)[C@H](O)[C@@H](NC(=O)c4ccccc4)c4ccccc4)C(C)=C1C3(C)C)[C@]1(OC(C)=O)CO[C@@H]1C[C@@H]2OC(=O)[C@@H](N)Cc1ccccc1. The van der Waals surface area contributed by atoms with Crippen LogP contribution in [0.5, 0.6) is 0 Å². The Morgan fingerprint density at radius 2 is 1.34 bits per heavy atom. The molecular weight excluding hydrogens is 941 g/mol. The van der Waals surface area contributed by atoms with Crippen LogP contribution in [0.3, 0.4) is 0 Å². The van der Waals surface area contributed by atoms with Crippen molar-refractivity contribution in [1.29, 1.82) is 0 Å². The van der Waals surface area contributed by atoms with Gasteiger partial charge in [-0.15, -0.1) is 0 Å². The molecule has 12 atom stereocenters. The summed E-state index contributed by atoms with van der Waals surface area (Å²) in [4.78, 5) is 100. The molecule has 4 aromatic rings. The maximum absolute atomic E-state index is 16.3. The number of ether oxygens (including phenoxy) is 6. The van der Waals surface area contributed by atoms with Gasteiger partial charge in [-0.2, -0.15) is 0 Å². The third kappa shape index (κ3) is 9.58. The summed E-state index contributed by atoms with van der Waals surface area (Å²) < 4.78 is 37.4. The monoisotopic (exact) mass is 1000 g/mol. The van der Waals surface area contributed by atoms with E-state index in [4.69, 9.17) is 34.2 Å². The molecule has 3 aliphatic carbocycles. The summed E-state index contributed by atoms with van der Waals surface area (Å²) in [5.41, 5.74) is -0.399. The van der Waals surface area contributed by atoms with Crippen LogP contribution in [0.4, 0.5) is 0 Å². The van der Waals surface area contributed by atoms with Crippen LogP contribution < -0.4 is 11.1 Å². The molecule has 2 saturated carbocycles. The lowest BCUT2D eigenvalue weighted by molar-refractivity contribution is -0.346. The van der Waals surface area contributed by atoms with Gasteiger partial charge < -0.3 is 49.7 Å². The standard InChI is InChI=1S/C56H60N2O15/c1-31-39(70-52(66)44(61)43(35-21-13-8-14-22-35)58-49(63)36-23-15-9-16-24-36)29-56(67)48(72-50(64)37-25-17-10-18-26-37)46-54(6,47(62)45(69-32(2)59)42(31)53(56,4)5)40(28-41-55(46,30-68-41)73-33(3)60)71-51(65)38(57)27-34-19-11-7-12-20-34/h7-26,38-41,43-46,48,61,67H,27-30,57H2,1-6H3,(H,58,63)/t38-,39-,40-,41+,43-,44+,45+,46?,48-,54+,55-,56+/m0/s1. The number of carbonyl (C=O) groups excluding carboxylic acids is 7. The van der Waals surface area contributed by atoms with Crippen LogP contribution in [0.15, 0.2) is 132 Å². The van der Waals surface area contributed by atoms with Crippen molar-refractivity contribution in [3.63, 3.8) is 0 Å². The van der Waals surface area contributed by atoms with Gasteiger partial charge in [0.15, 0.2) is 23.6 Å². The van der Waals surface area contributed by atoms with E-state index in [2.05, 4.69) is 5.32 Å². The molecule has 8 rings (SSSR count). The van der Waals surface area contributed by atoms with Gasteiger partial charge in [0.1, 0.15) is 36.1 Å². The molecule has 5 N–H and O–H groups in total. The fourth-order valence-electron chi connectivity index (χ4n) is 11.5. The second-order valence-corrected chi connectivity index (χ2v) is 20.1. The number of esters is 5. The quantitative estimate of drug-likeness (QED) is 0.0748. The number of amides is 1. The van der Waals surface area contributed by atoms with Gasteiger partial charge in [0, 0.05) is 37.7 Å². The van der Waals surface area contributed by atoms with Crippen molar-refractivity contribution in [3.8, 4) is 0 Å². The molecule has 3 fully saturated rings. The molecule has 1 heterocycles. The number of fused-ring (bicyclic) bond motifs is 5. The summed E-state index contributed by atoms with van der Waals surface area (Å²) in [6, 6.07) is 30.5. The Hall–Kier alpha value is -7.05. The zero-order valence-corrected chi connectivity index (χ0v) is 41.4. The molecule has 0 radical (unpaired) electrons. The summed E-state index contributed by atoms with van der Waals surface area (Å²) >= 11 is 0. The number of carbonyl (C=O) groups is 7. The number of hydrogen-bond donors (Lipinski definition) is 4. The minimum atomic E-state index is -2.49. The van der Waals surface area contributed by atoms with Crippen LogP contribution in [-0.2, 0) is 58.8 Å². The molecule has 17 heteroatoms. The number of Topliss-reactive ketones (excluding diaryl/α,β-unsaturated/α-hetero) is 1. The Bertz CT molecular complexity index is 2790. The minimum absolute atomic E-state index is 0.0313. The third-order valence-corrected chi connectivity index (χ3v) is 15.3. The van der Waals surface area contributed by atoms with E-state index in [0.29, 0.717) is 5.56 Å². The third-order valence-electron chi connectivity index (χ3n) is 15.3. The Balaban J connectivity index is 1.29. The predicted octanol–water partition coefficient (Wildman–Crippen LogP) is 4.86. The molecule has 17 nitrogen and oxygen atoms in total. The number of nitrogens with two attached hydrogens (primary N) is 1. The van der Waals surface area contributed by atoms with Gasteiger partial charge in [-0.25, -0.2) is 9.59 Å². The van der Waals surface area contributed by atoms with Crippen LogP contribution in [-0.4, -0.2) is 112 Å². The van der Waals surface area contributed by atoms with Crippen molar-refractivity contribution >= 4 is 41.5 Å². The molecule has 1 unspecified atom stereocenters. The first kappa shape index (κ1) is 52.3. The Kier molecular flexibility index (Phi) is 14.6. The summed E-state index contributed by atoms with van der Waals surface area (Å²) in [5.74, 6) is -8.09. The lowest BCUT2D eigenvalue weighted by atomic mass is 9.44. The molecule has 4 aliphatic rings. The molecule has 1 aliphatic heterocycles. The zero-order valence-electron chi connectivity index (χ0n) is 41.4. The van der Waals surface area contributed by atoms with E-state index in [-0.39, 0.29) is 41.7 Å². The van der Waals surface area contributed by atoms with Crippen molar-refractivity contribution < 1.29 is 72.2 Å². The van der Waals surface area contributed by atoms with Gasteiger partial charge in [0.25, 0.3) is 5.91 Å². The van der Waals surface area contributed by atoms with E-state index in [1.807, 2.05) is 0 Å². The van der Waals surface area contributed by atoms with Gasteiger partial charge in [0.2, 0.25) is 0 Å². The first-order valence-corrected chi connectivity index (χ1v) is 24.2. The minimum Gasteiger partial charge on any atom is -0.460 e.